The van der Waals surface area contributed by atoms with Crippen molar-refractivity contribution in [2.75, 3.05) is 25.0 Å². The molecule has 1 aromatic carbocycles. The molecule has 134 valence electrons. The summed E-state index contributed by atoms with van der Waals surface area (Å²) in [5, 5.41) is 9.00. The van der Waals surface area contributed by atoms with Crippen molar-refractivity contribution >= 4 is 41.7 Å². The predicted molar refractivity (Wildman–Crippen MR) is 102 cm³/mol. The number of nitrogens with one attached hydrogen (secondary N) is 3. The highest BCUT2D eigenvalue weighted by Gasteiger charge is 2.17. The molecule has 5 nitrogen and oxygen atoms in total. The molecule has 0 aliphatic carbocycles. The van der Waals surface area contributed by atoms with Gasteiger partial charge in [-0.05, 0) is 63.0 Å². The zero-order valence-corrected chi connectivity index (χ0v) is 15.8. The van der Waals surface area contributed by atoms with Gasteiger partial charge in [0.05, 0.1) is 5.25 Å². The molecule has 1 aliphatic heterocycles. The molecular formula is C17H26ClN3O2S. The van der Waals surface area contributed by atoms with Crippen LogP contribution in [0.3, 0.4) is 0 Å². The Hall–Kier alpha value is -1.24. The zero-order chi connectivity index (χ0) is 16.7. The van der Waals surface area contributed by atoms with Gasteiger partial charge >= 0.3 is 0 Å². The Labute approximate surface area is 154 Å². The van der Waals surface area contributed by atoms with Gasteiger partial charge < -0.3 is 16.0 Å². The molecule has 0 aromatic heterocycles. The molecule has 0 spiro atoms. The lowest BCUT2D eigenvalue weighted by molar-refractivity contribution is -0.120. The SMILES string of the molecule is CC(=O)Nc1ccc(SC(C)C(=O)NCC2CCCNC2)cc1.Cl. The zero-order valence-electron chi connectivity index (χ0n) is 14.1. The number of carbonyl (C=O) groups is 2. The van der Waals surface area contributed by atoms with Gasteiger partial charge in [-0.1, -0.05) is 0 Å². The topological polar surface area (TPSA) is 70.2 Å². The second-order valence-corrected chi connectivity index (χ2v) is 7.34. The maximum atomic E-state index is 12.2. The molecule has 2 amide bonds. The van der Waals surface area contributed by atoms with Crippen LogP contribution in [0.5, 0.6) is 0 Å². The maximum absolute atomic E-state index is 12.2. The van der Waals surface area contributed by atoms with E-state index < -0.39 is 0 Å². The Morgan fingerprint density at radius 1 is 1.33 bits per heavy atom. The molecule has 3 N–H and O–H groups in total. The number of carbonyl (C=O) groups excluding carboxylic acids is 2. The van der Waals surface area contributed by atoms with Gasteiger partial charge in [0.15, 0.2) is 0 Å². The van der Waals surface area contributed by atoms with Gasteiger partial charge in [0, 0.05) is 24.1 Å². The summed E-state index contributed by atoms with van der Waals surface area (Å²) in [6.07, 6.45) is 2.37. The van der Waals surface area contributed by atoms with Crippen LogP contribution in [0.2, 0.25) is 0 Å². The quantitative estimate of drug-likeness (QED) is 0.672. The Morgan fingerprint density at radius 3 is 2.62 bits per heavy atom. The van der Waals surface area contributed by atoms with E-state index in [0.717, 1.165) is 30.2 Å². The fourth-order valence-electron chi connectivity index (χ4n) is 2.56. The van der Waals surface area contributed by atoms with Crippen molar-refractivity contribution in [2.45, 2.75) is 36.8 Å². The summed E-state index contributed by atoms with van der Waals surface area (Å²) in [5.74, 6) is 0.531. The summed E-state index contributed by atoms with van der Waals surface area (Å²) in [6, 6.07) is 7.54. The number of amides is 2. The normalized spacial score (nSPS) is 18.2. The lowest BCUT2D eigenvalue weighted by atomic mass is 10.00. The van der Waals surface area contributed by atoms with E-state index >= 15 is 0 Å². The number of halogens is 1. The van der Waals surface area contributed by atoms with Crippen LogP contribution in [0.15, 0.2) is 29.2 Å². The molecule has 24 heavy (non-hydrogen) atoms. The van der Waals surface area contributed by atoms with Crippen LogP contribution in [0.4, 0.5) is 5.69 Å². The smallest absolute Gasteiger partial charge is 0.233 e. The summed E-state index contributed by atoms with van der Waals surface area (Å²) in [5.41, 5.74) is 0.767. The first-order chi connectivity index (χ1) is 11.0. The minimum absolute atomic E-state index is 0. The van der Waals surface area contributed by atoms with E-state index in [1.54, 1.807) is 0 Å². The largest absolute Gasteiger partial charge is 0.355 e. The number of hydrogen-bond donors (Lipinski definition) is 3. The van der Waals surface area contributed by atoms with Crippen LogP contribution in [0.1, 0.15) is 26.7 Å². The molecule has 0 bridgehead atoms. The molecule has 1 saturated heterocycles. The molecule has 0 saturated carbocycles. The Balaban J connectivity index is 0.00000288. The van der Waals surface area contributed by atoms with Gasteiger partial charge in [-0.15, -0.1) is 24.2 Å². The van der Waals surface area contributed by atoms with Crippen LogP contribution in [-0.4, -0.2) is 36.7 Å². The highest BCUT2D eigenvalue weighted by molar-refractivity contribution is 8.00. The Bertz CT molecular complexity index is 533. The number of thioether (sulfide) groups is 1. The minimum atomic E-state index is -0.141. The van der Waals surface area contributed by atoms with Crippen molar-refractivity contribution in [3.05, 3.63) is 24.3 Å². The molecule has 1 fully saturated rings. The fraction of sp³-hybridized carbons (Fsp3) is 0.529. The Kier molecular flexibility index (Phi) is 9.18. The van der Waals surface area contributed by atoms with Gasteiger partial charge in [-0.2, -0.15) is 0 Å². The summed E-state index contributed by atoms with van der Waals surface area (Å²) < 4.78 is 0. The molecule has 2 atom stereocenters. The van der Waals surface area contributed by atoms with Gasteiger partial charge in [0.2, 0.25) is 11.8 Å². The second kappa shape index (κ2) is 10.6. The van der Waals surface area contributed by atoms with Crippen molar-refractivity contribution in [3.8, 4) is 0 Å². The molecule has 2 unspecified atom stereocenters. The van der Waals surface area contributed by atoms with E-state index in [4.69, 9.17) is 0 Å². The number of benzene rings is 1. The number of hydrogen-bond acceptors (Lipinski definition) is 4. The van der Waals surface area contributed by atoms with Crippen LogP contribution in [-0.2, 0) is 9.59 Å². The van der Waals surface area contributed by atoms with E-state index in [9.17, 15) is 9.59 Å². The van der Waals surface area contributed by atoms with E-state index in [0.29, 0.717) is 5.92 Å². The Morgan fingerprint density at radius 2 is 2.04 bits per heavy atom. The third-order valence-electron chi connectivity index (χ3n) is 3.82. The lowest BCUT2D eigenvalue weighted by Crippen LogP contribution is -2.40. The maximum Gasteiger partial charge on any atom is 0.233 e. The van der Waals surface area contributed by atoms with E-state index in [1.807, 2.05) is 31.2 Å². The highest BCUT2D eigenvalue weighted by atomic mass is 35.5. The van der Waals surface area contributed by atoms with Gasteiger partial charge in [0.25, 0.3) is 0 Å². The standard InChI is InChI=1S/C17H25N3O2S.ClH/c1-12(17(22)19-11-14-4-3-9-18-10-14)23-16-7-5-15(6-8-16)20-13(2)21;/h5-8,12,14,18H,3-4,9-11H2,1-2H3,(H,19,22)(H,20,21);1H. The number of anilines is 1. The molecule has 2 rings (SSSR count). The molecular weight excluding hydrogens is 346 g/mol. The van der Waals surface area contributed by atoms with Gasteiger partial charge in [-0.3, -0.25) is 9.59 Å². The molecule has 1 aliphatic rings. The van der Waals surface area contributed by atoms with Crippen molar-refractivity contribution in [1.82, 2.24) is 10.6 Å². The minimum Gasteiger partial charge on any atom is -0.355 e. The van der Waals surface area contributed by atoms with Crippen molar-refractivity contribution in [1.29, 1.82) is 0 Å². The summed E-state index contributed by atoms with van der Waals surface area (Å²) >= 11 is 1.53. The lowest BCUT2D eigenvalue weighted by Gasteiger charge is -2.23. The predicted octanol–water partition coefficient (Wildman–Crippen LogP) is 2.66. The first-order valence-electron chi connectivity index (χ1n) is 8.07. The van der Waals surface area contributed by atoms with E-state index in [-0.39, 0.29) is 29.5 Å². The summed E-state index contributed by atoms with van der Waals surface area (Å²) in [6.45, 7) is 6.23. The van der Waals surface area contributed by atoms with E-state index in [1.165, 1.54) is 31.5 Å². The average molecular weight is 372 g/mol. The summed E-state index contributed by atoms with van der Waals surface area (Å²) in [4.78, 5) is 24.2. The highest BCUT2D eigenvalue weighted by Crippen LogP contribution is 2.25. The average Bonchev–Trinajstić information content (AvgIpc) is 2.55. The van der Waals surface area contributed by atoms with Crippen LogP contribution < -0.4 is 16.0 Å². The number of piperidine rings is 1. The first-order valence-corrected chi connectivity index (χ1v) is 8.95. The van der Waals surface area contributed by atoms with Gasteiger partial charge in [-0.25, -0.2) is 0 Å². The van der Waals surface area contributed by atoms with E-state index in [2.05, 4.69) is 16.0 Å². The third-order valence-corrected chi connectivity index (χ3v) is 4.93. The van der Waals surface area contributed by atoms with Crippen LogP contribution in [0.25, 0.3) is 0 Å². The second-order valence-electron chi connectivity index (χ2n) is 5.92. The van der Waals surface area contributed by atoms with Crippen molar-refractivity contribution in [2.24, 2.45) is 5.92 Å². The van der Waals surface area contributed by atoms with Crippen LogP contribution in [0, 0.1) is 5.92 Å². The van der Waals surface area contributed by atoms with Crippen molar-refractivity contribution in [3.63, 3.8) is 0 Å². The first kappa shape index (κ1) is 20.8. The molecule has 0 radical (unpaired) electrons. The molecule has 1 heterocycles. The monoisotopic (exact) mass is 371 g/mol. The fourth-order valence-corrected chi connectivity index (χ4v) is 3.46. The van der Waals surface area contributed by atoms with Crippen LogP contribution >= 0.6 is 24.2 Å². The molecule has 1 aromatic rings. The number of rotatable bonds is 6. The third kappa shape index (κ3) is 7.11. The van der Waals surface area contributed by atoms with Crippen molar-refractivity contribution < 1.29 is 9.59 Å². The summed E-state index contributed by atoms with van der Waals surface area (Å²) in [7, 11) is 0. The molecule has 7 heteroatoms. The van der Waals surface area contributed by atoms with Gasteiger partial charge in [0.1, 0.15) is 0 Å².